The maximum absolute atomic E-state index is 14.2. The first-order valence-corrected chi connectivity index (χ1v) is 8.50. The molecule has 0 aromatic carbocycles. The minimum Gasteiger partial charge on any atom is -0.303 e. The van der Waals surface area contributed by atoms with Crippen molar-refractivity contribution < 1.29 is 4.39 Å². The van der Waals surface area contributed by atoms with Crippen LogP contribution in [0.3, 0.4) is 0 Å². The summed E-state index contributed by atoms with van der Waals surface area (Å²) in [6, 6.07) is 0. The van der Waals surface area contributed by atoms with Crippen LogP contribution >= 0.6 is 0 Å². The highest BCUT2D eigenvalue weighted by Gasteiger charge is 2.42. The molecular formula is C17H19FN4O. The standard InChI is InChI=1S/C17H19FN4O/c18-12-7-19-17(23)14-10(1-2-13-15(14)16(12)21-20-13)11-8-22-5-3-9(11)4-6-22/h7,9-11,21H,1-6,8H2/t10-,11?/m0/s1. The van der Waals surface area contributed by atoms with Gasteiger partial charge in [-0.05, 0) is 56.5 Å². The molecular weight excluding hydrogens is 295 g/mol. The average molecular weight is 314 g/mol. The number of H-pyrrole nitrogens is 1. The summed E-state index contributed by atoms with van der Waals surface area (Å²) in [7, 11) is 0. The molecule has 23 heavy (non-hydrogen) atoms. The minimum absolute atomic E-state index is 0.183. The number of nitrogens with one attached hydrogen (secondary N) is 1. The molecule has 0 spiro atoms. The number of nitrogens with zero attached hydrogens (tertiary/aromatic N) is 3. The van der Waals surface area contributed by atoms with Crippen molar-refractivity contribution in [2.45, 2.75) is 31.6 Å². The molecule has 3 aliphatic heterocycles. The van der Waals surface area contributed by atoms with Crippen molar-refractivity contribution >= 4 is 10.9 Å². The monoisotopic (exact) mass is 314 g/mol. The van der Waals surface area contributed by atoms with Crippen molar-refractivity contribution in [3.8, 4) is 0 Å². The minimum atomic E-state index is -0.489. The van der Waals surface area contributed by atoms with Gasteiger partial charge in [-0.2, -0.15) is 5.10 Å². The van der Waals surface area contributed by atoms with Crippen LogP contribution in [-0.4, -0.2) is 39.7 Å². The fourth-order valence-electron chi connectivity index (χ4n) is 5.05. The zero-order valence-corrected chi connectivity index (χ0v) is 12.9. The van der Waals surface area contributed by atoms with Gasteiger partial charge in [0.1, 0.15) is 5.52 Å². The highest BCUT2D eigenvalue weighted by molar-refractivity contribution is 5.85. The van der Waals surface area contributed by atoms with Gasteiger partial charge in [0.15, 0.2) is 5.82 Å². The van der Waals surface area contributed by atoms with Crippen LogP contribution in [0, 0.1) is 17.7 Å². The number of hydrogen-bond donors (Lipinski definition) is 1. The molecule has 0 amide bonds. The van der Waals surface area contributed by atoms with Gasteiger partial charge >= 0.3 is 0 Å². The molecule has 3 fully saturated rings. The zero-order chi connectivity index (χ0) is 15.6. The van der Waals surface area contributed by atoms with Gasteiger partial charge in [-0.1, -0.05) is 0 Å². The van der Waals surface area contributed by atoms with E-state index in [1.165, 1.54) is 25.9 Å². The molecule has 120 valence electrons. The van der Waals surface area contributed by atoms with Gasteiger partial charge in [-0.15, -0.1) is 0 Å². The SMILES string of the molecule is O=c1ncc(F)c2[nH]nc3c2c1[C@H](C1CN2CCC1CC2)CC3. The van der Waals surface area contributed by atoms with Gasteiger partial charge in [0, 0.05) is 17.5 Å². The summed E-state index contributed by atoms with van der Waals surface area (Å²) in [6.45, 7) is 3.42. The Morgan fingerprint density at radius 2 is 2.09 bits per heavy atom. The molecule has 2 aromatic rings. The van der Waals surface area contributed by atoms with Crippen molar-refractivity contribution in [1.82, 2.24) is 20.1 Å². The average Bonchev–Trinajstić information content (AvgIpc) is 2.98. The Labute approximate surface area is 132 Å². The highest BCUT2D eigenvalue weighted by Crippen LogP contribution is 2.45. The number of rotatable bonds is 1. The van der Waals surface area contributed by atoms with Crippen LogP contribution in [0.5, 0.6) is 0 Å². The second-order valence-corrected chi connectivity index (χ2v) is 7.19. The quantitative estimate of drug-likeness (QED) is 0.872. The Morgan fingerprint density at radius 3 is 2.83 bits per heavy atom. The summed E-state index contributed by atoms with van der Waals surface area (Å²) in [5, 5.41) is 7.73. The largest absolute Gasteiger partial charge is 0.303 e. The highest BCUT2D eigenvalue weighted by atomic mass is 19.1. The lowest BCUT2D eigenvalue weighted by atomic mass is 9.67. The molecule has 1 aliphatic carbocycles. The van der Waals surface area contributed by atoms with E-state index in [0.717, 1.165) is 31.3 Å². The number of fused-ring (bicyclic) bond motifs is 3. The number of aryl methyl sites for hydroxylation is 1. The Morgan fingerprint density at radius 1 is 1.26 bits per heavy atom. The molecule has 6 rings (SSSR count). The molecule has 3 saturated heterocycles. The summed E-state index contributed by atoms with van der Waals surface area (Å²) in [4.78, 5) is 19.0. The third kappa shape index (κ3) is 1.90. The molecule has 2 aromatic heterocycles. The lowest BCUT2D eigenvalue weighted by molar-refractivity contribution is 0.0345. The number of aromatic nitrogens is 3. The fraction of sp³-hybridized carbons (Fsp3) is 0.588. The first-order chi connectivity index (χ1) is 11.2. The van der Waals surface area contributed by atoms with E-state index < -0.39 is 5.82 Å². The van der Waals surface area contributed by atoms with E-state index in [1.54, 1.807) is 0 Å². The van der Waals surface area contributed by atoms with Crippen molar-refractivity contribution in [3.63, 3.8) is 0 Å². The number of piperidine rings is 3. The van der Waals surface area contributed by atoms with E-state index in [-0.39, 0.29) is 11.5 Å². The number of aromatic amines is 1. The van der Waals surface area contributed by atoms with Crippen molar-refractivity contribution in [3.05, 3.63) is 33.6 Å². The van der Waals surface area contributed by atoms with Gasteiger partial charge in [-0.25, -0.2) is 9.37 Å². The van der Waals surface area contributed by atoms with Gasteiger partial charge in [0.2, 0.25) is 0 Å². The number of halogens is 1. The van der Waals surface area contributed by atoms with Gasteiger partial charge in [-0.3, -0.25) is 9.89 Å². The maximum Gasteiger partial charge on any atom is 0.274 e. The lowest BCUT2D eigenvalue weighted by Crippen LogP contribution is -2.50. The molecule has 5 heterocycles. The van der Waals surface area contributed by atoms with Gasteiger partial charge in [0.25, 0.3) is 5.56 Å². The first kappa shape index (κ1) is 13.6. The van der Waals surface area contributed by atoms with Crippen molar-refractivity contribution in [2.75, 3.05) is 19.6 Å². The Bertz CT molecular complexity index is 840. The fourth-order valence-corrected chi connectivity index (χ4v) is 5.05. The van der Waals surface area contributed by atoms with Crippen LogP contribution < -0.4 is 5.56 Å². The van der Waals surface area contributed by atoms with Crippen LogP contribution in [0.2, 0.25) is 0 Å². The zero-order valence-electron chi connectivity index (χ0n) is 12.9. The molecule has 4 aliphatic rings. The second-order valence-electron chi connectivity index (χ2n) is 7.19. The van der Waals surface area contributed by atoms with Gasteiger partial charge in [0.05, 0.1) is 11.9 Å². The summed E-state index contributed by atoms with van der Waals surface area (Å²) >= 11 is 0. The summed E-state index contributed by atoms with van der Waals surface area (Å²) in [6.07, 6.45) is 5.21. The molecule has 2 atom stereocenters. The molecule has 0 saturated carbocycles. The Hall–Kier alpha value is -1.82. The van der Waals surface area contributed by atoms with Crippen molar-refractivity contribution in [2.24, 2.45) is 11.8 Å². The molecule has 1 unspecified atom stereocenters. The van der Waals surface area contributed by atoms with Gasteiger partial charge < -0.3 is 4.90 Å². The number of hydrogen-bond acceptors (Lipinski definition) is 4. The van der Waals surface area contributed by atoms with Crippen LogP contribution in [0.15, 0.2) is 11.0 Å². The van der Waals surface area contributed by atoms with E-state index >= 15 is 0 Å². The summed E-state index contributed by atoms with van der Waals surface area (Å²) in [5.74, 6) is 0.867. The molecule has 2 bridgehead atoms. The van der Waals surface area contributed by atoms with E-state index in [4.69, 9.17) is 0 Å². The topological polar surface area (TPSA) is 61.9 Å². The Balaban J connectivity index is 1.72. The first-order valence-electron chi connectivity index (χ1n) is 8.50. The van der Waals surface area contributed by atoms with Crippen LogP contribution in [0.4, 0.5) is 4.39 Å². The van der Waals surface area contributed by atoms with Crippen LogP contribution in [0.1, 0.15) is 36.4 Å². The maximum atomic E-state index is 14.2. The van der Waals surface area contributed by atoms with E-state index in [0.29, 0.717) is 28.3 Å². The molecule has 1 N–H and O–H groups in total. The predicted octanol–water partition coefficient (Wildman–Crippen LogP) is 1.83. The van der Waals surface area contributed by atoms with Crippen molar-refractivity contribution in [1.29, 1.82) is 0 Å². The second kappa shape index (κ2) is 4.84. The summed E-state index contributed by atoms with van der Waals surface area (Å²) < 4.78 is 14.2. The summed E-state index contributed by atoms with van der Waals surface area (Å²) in [5.41, 5.74) is 1.59. The Kier molecular flexibility index (Phi) is 2.86. The van der Waals surface area contributed by atoms with Crippen LogP contribution in [-0.2, 0) is 6.42 Å². The van der Waals surface area contributed by atoms with E-state index in [1.807, 2.05) is 0 Å². The lowest BCUT2D eigenvalue weighted by Gasteiger charge is -2.48. The van der Waals surface area contributed by atoms with E-state index in [2.05, 4.69) is 20.1 Å². The smallest absolute Gasteiger partial charge is 0.274 e. The molecule has 5 nitrogen and oxygen atoms in total. The normalized spacial score (nSPS) is 32.4. The third-order valence-corrected chi connectivity index (χ3v) is 6.16. The van der Waals surface area contributed by atoms with E-state index in [9.17, 15) is 9.18 Å². The molecule has 0 radical (unpaired) electrons. The predicted molar refractivity (Wildman–Crippen MR) is 83.8 cm³/mol. The van der Waals surface area contributed by atoms with Crippen LogP contribution in [0.25, 0.3) is 10.9 Å². The third-order valence-electron chi connectivity index (χ3n) is 6.16. The molecule has 6 heteroatoms.